The molecule has 1 aliphatic carbocycles. The van der Waals surface area contributed by atoms with Crippen molar-refractivity contribution in [2.75, 3.05) is 0 Å². The Labute approximate surface area is 144 Å². The van der Waals surface area contributed by atoms with E-state index in [-0.39, 0.29) is 24.8 Å². The molecule has 0 aromatic carbocycles. The number of carbonyl (C=O) groups is 2. The van der Waals surface area contributed by atoms with Gasteiger partial charge in [0, 0.05) is 12.3 Å². The van der Waals surface area contributed by atoms with Crippen LogP contribution in [0.2, 0.25) is 0 Å². The number of amides is 1. The number of esters is 1. The maximum absolute atomic E-state index is 12.6. The Morgan fingerprint density at radius 2 is 2.12 bits per heavy atom. The molecule has 4 rings (SSSR count). The fourth-order valence-corrected chi connectivity index (χ4v) is 3.78. The lowest BCUT2D eigenvalue weighted by Gasteiger charge is -2.27. The topological polar surface area (TPSA) is 94.3 Å². The normalized spacial score (nSPS) is 21.4. The number of aromatic nitrogens is 2. The first-order chi connectivity index (χ1) is 12.2. The Hall–Kier alpha value is -2.70. The minimum atomic E-state index is -0.596. The maximum Gasteiger partial charge on any atom is 0.307 e. The van der Waals surface area contributed by atoms with E-state index in [2.05, 4.69) is 15.5 Å². The molecule has 130 valence electrons. The van der Waals surface area contributed by atoms with Crippen molar-refractivity contribution in [3.63, 3.8) is 0 Å². The largest absolute Gasteiger partial charge is 0.458 e. The van der Waals surface area contributed by atoms with Crippen LogP contribution >= 0.6 is 0 Å². The van der Waals surface area contributed by atoms with Gasteiger partial charge in [0.1, 0.15) is 11.3 Å². The minimum Gasteiger partial charge on any atom is -0.458 e. The molecule has 0 bridgehead atoms. The monoisotopic (exact) mass is 341 g/mol. The number of ether oxygens (including phenoxy) is 1. The van der Waals surface area contributed by atoms with Crippen LogP contribution in [0, 0.1) is 5.92 Å². The van der Waals surface area contributed by atoms with E-state index in [1.165, 1.54) is 0 Å². The van der Waals surface area contributed by atoms with E-state index in [0.29, 0.717) is 17.1 Å². The van der Waals surface area contributed by atoms with Gasteiger partial charge in [-0.15, -0.1) is 0 Å². The molecule has 1 amide bonds. The highest BCUT2D eigenvalue weighted by Gasteiger charge is 2.53. The van der Waals surface area contributed by atoms with Gasteiger partial charge in [0.05, 0.1) is 24.6 Å². The predicted molar refractivity (Wildman–Crippen MR) is 87.0 cm³/mol. The van der Waals surface area contributed by atoms with Crippen LogP contribution in [0.5, 0.6) is 0 Å². The van der Waals surface area contributed by atoms with E-state index in [9.17, 15) is 9.59 Å². The molecule has 3 heterocycles. The van der Waals surface area contributed by atoms with Gasteiger partial charge in [-0.2, -0.15) is 0 Å². The molecule has 7 heteroatoms. The summed E-state index contributed by atoms with van der Waals surface area (Å²) in [5.74, 6) is -0.317. The van der Waals surface area contributed by atoms with Crippen molar-refractivity contribution in [3.8, 4) is 11.4 Å². The predicted octanol–water partition coefficient (Wildman–Crippen LogP) is 2.23. The molecule has 1 unspecified atom stereocenters. The van der Waals surface area contributed by atoms with Crippen LogP contribution in [0.25, 0.3) is 11.4 Å². The van der Waals surface area contributed by atoms with Gasteiger partial charge in [0.2, 0.25) is 5.91 Å². The number of nitrogens with zero attached hydrogens (tertiary/aromatic N) is 2. The quantitative estimate of drug-likeness (QED) is 0.857. The van der Waals surface area contributed by atoms with Crippen LogP contribution in [0.15, 0.2) is 35.0 Å². The Morgan fingerprint density at radius 3 is 2.88 bits per heavy atom. The second-order valence-corrected chi connectivity index (χ2v) is 6.61. The van der Waals surface area contributed by atoms with E-state index in [1.54, 1.807) is 12.3 Å². The van der Waals surface area contributed by atoms with Crippen LogP contribution in [0.4, 0.5) is 0 Å². The molecule has 1 saturated heterocycles. The third kappa shape index (κ3) is 3.01. The lowest BCUT2D eigenvalue weighted by molar-refractivity contribution is -0.150. The second kappa shape index (κ2) is 6.31. The van der Waals surface area contributed by atoms with Gasteiger partial charge in [-0.1, -0.05) is 11.2 Å². The molecular formula is C18H19N3O4. The van der Waals surface area contributed by atoms with Crippen LogP contribution in [0.3, 0.4) is 0 Å². The molecule has 0 radical (unpaired) electrons. The van der Waals surface area contributed by atoms with Gasteiger partial charge >= 0.3 is 5.97 Å². The average molecular weight is 341 g/mol. The third-order valence-electron chi connectivity index (χ3n) is 5.01. The molecule has 1 atom stereocenters. The summed E-state index contributed by atoms with van der Waals surface area (Å²) in [6.45, 7) is 0.222. The zero-order chi connectivity index (χ0) is 17.3. The SMILES string of the molecule is O=C1CC(C(=O)NCc2cc(-c3ccccn3)no2)C2(CCCC2)O1. The number of rotatable bonds is 4. The molecule has 1 aliphatic heterocycles. The summed E-state index contributed by atoms with van der Waals surface area (Å²) in [5.41, 5.74) is 0.738. The van der Waals surface area contributed by atoms with E-state index in [1.807, 2.05) is 18.2 Å². The summed E-state index contributed by atoms with van der Waals surface area (Å²) in [6.07, 6.45) is 5.36. The number of nitrogens with one attached hydrogen (secondary N) is 1. The van der Waals surface area contributed by atoms with Gasteiger partial charge in [-0.3, -0.25) is 14.6 Å². The molecule has 1 spiro atoms. The Balaban J connectivity index is 1.41. The zero-order valence-corrected chi connectivity index (χ0v) is 13.7. The highest BCUT2D eigenvalue weighted by atomic mass is 16.6. The highest BCUT2D eigenvalue weighted by Crippen LogP contribution is 2.45. The number of carbonyl (C=O) groups excluding carboxylic acids is 2. The number of pyridine rings is 1. The van der Waals surface area contributed by atoms with Crippen LogP contribution in [-0.2, 0) is 20.9 Å². The van der Waals surface area contributed by atoms with E-state index < -0.39 is 11.5 Å². The first kappa shape index (κ1) is 15.8. The Morgan fingerprint density at radius 1 is 1.28 bits per heavy atom. The smallest absolute Gasteiger partial charge is 0.307 e. The van der Waals surface area contributed by atoms with Gasteiger partial charge in [0.15, 0.2) is 5.76 Å². The fourth-order valence-electron chi connectivity index (χ4n) is 3.78. The summed E-state index contributed by atoms with van der Waals surface area (Å²) in [6, 6.07) is 7.29. The molecule has 1 N–H and O–H groups in total. The Kier molecular flexibility index (Phi) is 3.99. The fraction of sp³-hybridized carbons (Fsp3) is 0.444. The molecule has 2 aromatic rings. The summed E-state index contributed by atoms with van der Waals surface area (Å²) in [7, 11) is 0. The van der Waals surface area contributed by atoms with Crippen LogP contribution in [-0.4, -0.2) is 27.6 Å². The van der Waals surface area contributed by atoms with E-state index >= 15 is 0 Å². The third-order valence-corrected chi connectivity index (χ3v) is 5.01. The molecule has 2 fully saturated rings. The van der Waals surface area contributed by atoms with Crippen molar-refractivity contribution in [2.24, 2.45) is 5.92 Å². The van der Waals surface area contributed by atoms with Crippen molar-refractivity contribution in [1.82, 2.24) is 15.5 Å². The summed E-state index contributed by atoms with van der Waals surface area (Å²) >= 11 is 0. The van der Waals surface area contributed by atoms with Crippen molar-refractivity contribution in [2.45, 2.75) is 44.2 Å². The first-order valence-electron chi connectivity index (χ1n) is 8.53. The molecular weight excluding hydrogens is 322 g/mol. The zero-order valence-electron chi connectivity index (χ0n) is 13.7. The van der Waals surface area contributed by atoms with Crippen LogP contribution in [0.1, 0.15) is 37.9 Å². The molecule has 2 aromatic heterocycles. The summed E-state index contributed by atoms with van der Waals surface area (Å²) < 4.78 is 10.8. The van der Waals surface area contributed by atoms with Gasteiger partial charge in [-0.05, 0) is 37.8 Å². The van der Waals surface area contributed by atoms with Gasteiger partial charge < -0.3 is 14.6 Å². The lowest BCUT2D eigenvalue weighted by atomic mass is 9.85. The molecule has 25 heavy (non-hydrogen) atoms. The van der Waals surface area contributed by atoms with Gasteiger partial charge in [0.25, 0.3) is 0 Å². The lowest BCUT2D eigenvalue weighted by Crippen LogP contribution is -2.42. The van der Waals surface area contributed by atoms with E-state index in [4.69, 9.17) is 9.26 Å². The molecule has 7 nitrogen and oxygen atoms in total. The number of hydrogen-bond donors (Lipinski definition) is 1. The Bertz CT molecular complexity index is 781. The minimum absolute atomic E-state index is 0.154. The first-order valence-corrected chi connectivity index (χ1v) is 8.53. The molecule has 1 saturated carbocycles. The standard InChI is InChI=1S/C18H19N3O4/c22-16-10-13(18(24-16)6-2-3-7-18)17(23)20-11-12-9-15(21-25-12)14-5-1-4-8-19-14/h1,4-5,8-9,13H,2-3,6-7,10-11H2,(H,20,23). The highest BCUT2D eigenvalue weighted by molar-refractivity contribution is 5.87. The summed E-state index contributed by atoms with van der Waals surface area (Å²) in [4.78, 5) is 28.5. The van der Waals surface area contributed by atoms with Crippen molar-refractivity contribution >= 4 is 11.9 Å². The van der Waals surface area contributed by atoms with Crippen molar-refractivity contribution in [3.05, 3.63) is 36.2 Å². The average Bonchev–Trinajstić information content (AvgIpc) is 3.35. The number of hydrogen-bond acceptors (Lipinski definition) is 6. The van der Waals surface area contributed by atoms with Crippen LogP contribution < -0.4 is 5.32 Å². The van der Waals surface area contributed by atoms with Crippen molar-refractivity contribution in [1.29, 1.82) is 0 Å². The van der Waals surface area contributed by atoms with Gasteiger partial charge in [-0.25, -0.2) is 0 Å². The maximum atomic E-state index is 12.6. The second-order valence-electron chi connectivity index (χ2n) is 6.61. The van der Waals surface area contributed by atoms with Crippen molar-refractivity contribution < 1.29 is 18.8 Å². The summed E-state index contributed by atoms with van der Waals surface area (Å²) in [5, 5.41) is 6.83. The molecule has 2 aliphatic rings. The van der Waals surface area contributed by atoms with E-state index in [0.717, 1.165) is 25.7 Å².